The number of aromatic nitrogens is 2. The molecule has 0 unspecified atom stereocenters. The van der Waals surface area contributed by atoms with Crippen molar-refractivity contribution in [2.75, 3.05) is 6.54 Å². The van der Waals surface area contributed by atoms with Crippen molar-refractivity contribution in [1.82, 2.24) is 15.1 Å². The standard InChI is InChI=1S/C24H27ClF3N3O4/c25-14-2-3-19-17(10-14)18(32)13-20(34-19)22(33)29-8-7-23(5-1-6-23)21-4-9-31(30-21)15-11-16(12-15)35-24(26,27)28/h2-4,9-10,15-16,18,20,32H,1,5-8,11-13H2,(H,29,33)/t15?,16?,18-,20-/m1/s1. The van der Waals surface area contributed by atoms with Gasteiger partial charge in [-0.25, -0.2) is 0 Å². The number of amides is 1. The number of rotatable bonds is 7. The Bertz CT molecular complexity index is 1080. The number of hydrogen-bond acceptors (Lipinski definition) is 5. The third-order valence-corrected chi connectivity index (χ3v) is 7.67. The number of nitrogens with one attached hydrogen (secondary N) is 1. The van der Waals surface area contributed by atoms with Crippen LogP contribution in [0.4, 0.5) is 13.2 Å². The van der Waals surface area contributed by atoms with Crippen LogP contribution >= 0.6 is 11.6 Å². The van der Waals surface area contributed by atoms with E-state index in [4.69, 9.17) is 16.3 Å². The first-order valence-corrected chi connectivity index (χ1v) is 12.2. The maximum Gasteiger partial charge on any atom is 0.522 e. The molecule has 1 amide bonds. The molecule has 0 spiro atoms. The molecule has 2 heterocycles. The van der Waals surface area contributed by atoms with Gasteiger partial charge in [-0.15, -0.1) is 13.2 Å². The van der Waals surface area contributed by atoms with Crippen molar-refractivity contribution in [3.05, 3.63) is 46.7 Å². The van der Waals surface area contributed by atoms with Gasteiger partial charge in [-0.3, -0.25) is 14.2 Å². The molecular formula is C24H27ClF3N3O4. The molecule has 0 radical (unpaired) electrons. The third kappa shape index (κ3) is 5.15. The lowest BCUT2D eigenvalue weighted by atomic mass is 9.64. The SMILES string of the molecule is O=C(NCCC1(c2ccn(C3CC(OC(F)(F)F)C3)n2)CCC1)[C@H]1C[C@@H](O)c2cc(Cl)ccc2O1. The lowest BCUT2D eigenvalue weighted by Crippen LogP contribution is -2.44. The van der Waals surface area contributed by atoms with Gasteiger partial charge >= 0.3 is 6.36 Å². The van der Waals surface area contributed by atoms with Crippen LogP contribution in [0.1, 0.15) is 68.3 Å². The lowest BCUT2D eigenvalue weighted by Gasteiger charge is -2.41. The van der Waals surface area contributed by atoms with E-state index in [0.29, 0.717) is 29.3 Å². The van der Waals surface area contributed by atoms with Crippen LogP contribution in [0.25, 0.3) is 0 Å². The third-order valence-electron chi connectivity index (χ3n) is 7.44. The van der Waals surface area contributed by atoms with Crippen LogP contribution in [-0.4, -0.2) is 45.9 Å². The van der Waals surface area contributed by atoms with Crippen LogP contribution in [0.15, 0.2) is 30.5 Å². The first-order valence-electron chi connectivity index (χ1n) is 11.8. The summed E-state index contributed by atoms with van der Waals surface area (Å²) in [5.41, 5.74) is 1.34. The molecule has 2 atom stereocenters. The highest BCUT2D eigenvalue weighted by Crippen LogP contribution is 2.46. The van der Waals surface area contributed by atoms with E-state index < -0.39 is 24.7 Å². The summed E-state index contributed by atoms with van der Waals surface area (Å²) < 4.78 is 48.7. The summed E-state index contributed by atoms with van der Waals surface area (Å²) in [6, 6.07) is 6.78. The van der Waals surface area contributed by atoms with Crippen LogP contribution in [0.2, 0.25) is 5.02 Å². The fourth-order valence-corrected chi connectivity index (χ4v) is 5.40. The number of carbonyl (C=O) groups excluding carboxylic acids is 1. The van der Waals surface area contributed by atoms with Gasteiger partial charge in [0.1, 0.15) is 5.75 Å². The predicted molar refractivity (Wildman–Crippen MR) is 120 cm³/mol. The molecule has 3 aliphatic rings. The van der Waals surface area contributed by atoms with E-state index in [2.05, 4.69) is 15.2 Å². The van der Waals surface area contributed by atoms with Gasteiger partial charge in [0.2, 0.25) is 0 Å². The summed E-state index contributed by atoms with van der Waals surface area (Å²) >= 11 is 5.98. The number of aliphatic hydroxyl groups is 1. The zero-order chi connectivity index (χ0) is 24.8. The topological polar surface area (TPSA) is 85.6 Å². The Kier molecular flexibility index (Phi) is 6.48. The fourth-order valence-electron chi connectivity index (χ4n) is 5.22. The second-order valence-corrected chi connectivity index (χ2v) is 10.1. The first kappa shape index (κ1) is 24.4. The molecule has 2 N–H and O–H groups in total. The Hall–Kier alpha value is -2.30. The second kappa shape index (κ2) is 9.29. The maximum absolute atomic E-state index is 12.7. The molecule has 1 aromatic carbocycles. The average molecular weight is 514 g/mol. The molecule has 2 aromatic rings. The van der Waals surface area contributed by atoms with Crippen molar-refractivity contribution in [2.45, 2.75) is 81.1 Å². The number of alkyl halides is 3. The summed E-state index contributed by atoms with van der Waals surface area (Å²) in [5.74, 6) is 0.169. The van der Waals surface area contributed by atoms with Gasteiger partial charge < -0.3 is 15.2 Å². The molecule has 0 saturated heterocycles. The zero-order valence-electron chi connectivity index (χ0n) is 18.9. The number of aliphatic hydroxyl groups excluding tert-OH is 1. The molecule has 2 saturated carbocycles. The molecule has 0 bridgehead atoms. The molecule has 7 nitrogen and oxygen atoms in total. The maximum atomic E-state index is 12.7. The number of benzene rings is 1. The van der Waals surface area contributed by atoms with Gasteiger partial charge in [0.05, 0.1) is 23.9 Å². The molecule has 2 fully saturated rings. The fraction of sp³-hybridized carbons (Fsp3) is 0.583. The second-order valence-electron chi connectivity index (χ2n) is 9.71. The van der Waals surface area contributed by atoms with Gasteiger partial charge in [0, 0.05) is 35.2 Å². The number of carbonyl (C=O) groups is 1. The van der Waals surface area contributed by atoms with Crippen LogP contribution in [0, 0.1) is 0 Å². The quantitative estimate of drug-likeness (QED) is 0.565. The van der Waals surface area contributed by atoms with Crippen molar-refractivity contribution >= 4 is 17.5 Å². The number of fused-ring (bicyclic) bond motifs is 1. The Morgan fingerprint density at radius 3 is 2.74 bits per heavy atom. The Morgan fingerprint density at radius 2 is 2.06 bits per heavy atom. The van der Waals surface area contributed by atoms with E-state index in [1.165, 1.54) is 0 Å². The van der Waals surface area contributed by atoms with Crippen LogP contribution in [0.3, 0.4) is 0 Å². The molecule has 2 aliphatic carbocycles. The van der Waals surface area contributed by atoms with Gasteiger partial charge in [0.25, 0.3) is 5.91 Å². The van der Waals surface area contributed by atoms with Crippen molar-refractivity contribution in [1.29, 1.82) is 0 Å². The zero-order valence-corrected chi connectivity index (χ0v) is 19.7. The molecule has 1 aromatic heterocycles. The monoisotopic (exact) mass is 513 g/mol. The predicted octanol–water partition coefficient (Wildman–Crippen LogP) is 4.59. The van der Waals surface area contributed by atoms with E-state index in [9.17, 15) is 23.1 Å². The summed E-state index contributed by atoms with van der Waals surface area (Å²) in [6.45, 7) is 0.431. The summed E-state index contributed by atoms with van der Waals surface area (Å²) in [7, 11) is 0. The van der Waals surface area contributed by atoms with Crippen LogP contribution < -0.4 is 10.1 Å². The molecule has 35 heavy (non-hydrogen) atoms. The highest BCUT2D eigenvalue weighted by Gasteiger charge is 2.43. The minimum Gasteiger partial charge on any atom is -0.480 e. The van der Waals surface area contributed by atoms with Crippen molar-refractivity contribution in [3.8, 4) is 5.75 Å². The van der Waals surface area contributed by atoms with E-state index in [1.54, 1.807) is 22.9 Å². The highest BCUT2D eigenvalue weighted by molar-refractivity contribution is 6.30. The largest absolute Gasteiger partial charge is 0.522 e. The molecule has 5 rings (SSSR count). The van der Waals surface area contributed by atoms with Gasteiger partial charge in [-0.2, -0.15) is 5.10 Å². The number of halogens is 4. The van der Waals surface area contributed by atoms with Crippen LogP contribution in [0.5, 0.6) is 5.75 Å². The summed E-state index contributed by atoms with van der Waals surface area (Å²) in [6.07, 6.45) is -0.868. The smallest absolute Gasteiger partial charge is 0.480 e. The molecular weight excluding hydrogens is 487 g/mol. The van der Waals surface area contributed by atoms with Gasteiger partial charge in [-0.05, 0) is 56.4 Å². The number of ether oxygens (including phenoxy) is 2. The molecule has 11 heteroatoms. The molecule has 1 aliphatic heterocycles. The van der Waals surface area contributed by atoms with Crippen molar-refractivity contribution in [3.63, 3.8) is 0 Å². The first-order chi connectivity index (χ1) is 16.6. The Labute approximate surface area is 205 Å². The summed E-state index contributed by atoms with van der Waals surface area (Å²) in [4.78, 5) is 12.7. The normalized spacial score (nSPS) is 27.2. The van der Waals surface area contributed by atoms with Crippen molar-refractivity contribution < 1.29 is 32.5 Å². The average Bonchev–Trinajstić information content (AvgIpc) is 3.21. The lowest BCUT2D eigenvalue weighted by molar-refractivity contribution is -0.353. The Balaban J connectivity index is 1.14. The van der Waals surface area contributed by atoms with Crippen molar-refractivity contribution in [2.24, 2.45) is 0 Å². The van der Waals surface area contributed by atoms with E-state index in [1.807, 2.05) is 12.3 Å². The number of hydrogen-bond donors (Lipinski definition) is 2. The highest BCUT2D eigenvalue weighted by atomic mass is 35.5. The van der Waals surface area contributed by atoms with Gasteiger partial charge in [0.15, 0.2) is 6.10 Å². The number of nitrogens with zero attached hydrogens (tertiary/aromatic N) is 2. The Morgan fingerprint density at radius 1 is 1.29 bits per heavy atom. The minimum absolute atomic E-state index is 0.0967. The molecule has 190 valence electrons. The minimum atomic E-state index is -4.61. The van der Waals surface area contributed by atoms with Crippen LogP contribution in [-0.2, 0) is 14.9 Å². The van der Waals surface area contributed by atoms with Gasteiger partial charge in [-0.1, -0.05) is 18.0 Å². The van der Waals surface area contributed by atoms with E-state index in [0.717, 1.165) is 25.0 Å². The van der Waals surface area contributed by atoms with E-state index in [-0.39, 0.29) is 36.6 Å². The van der Waals surface area contributed by atoms with E-state index >= 15 is 0 Å². The summed E-state index contributed by atoms with van der Waals surface area (Å²) in [5, 5.41) is 18.5.